The van der Waals surface area contributed by atoms with Crippen LogP contribution in [0.25, 0.3) is 0 Å². The lowest BCUT2D eigenvalue weighted by molar-refractivity contribution is 0.237. The van der Waals surface area contributed by atoms with Gasteiger partial charge >= 0.3 is 6.03 Å². The van der Waals surface area contributed by atoms with Gasteiger partial charge in [-0.05, 0) is 56.9 Å². The van der Waals surface area contributed by atoms with Crippen molar-refractivity contribution in [1.29, 1.82) is 0 Å². The molecule has 0 unspecified atom stereocenters. The SMILES string of the molecule is Cc1nn(C)c(C)c1C[C@H](C)NC(=O)N[C@@H]1C[C@H]1c1cccc(F)c1. The number of aryl methyl sites for hydroxylation is 2. The molecule has 1 aromatic heterocycles. The molecule has 1 aliphatic rings. The lowest BCUT2D eigenvalue weighted by atomic mass is 10.1. The molecule has 1 aliphatic carbocycles. The summed E-state index contributed by atoms with van der Waals surface area (Å²) in [6, 6.07) is 6.51. The van der Waals surface area contributed by atoms with Crippen molar-refractivity contribution < 1.29 is 9.18 Å². The number of carbonyl (C=O) groups is 1. The van der Waals surface area contributed by atoms with E-state index in [1.165, 1.54) is 11.6 Å². The number of halogens is 1. The summed E-state index contributed by atoms with van der Waals surface area (Å²) in [6.07, 6.45) is 1.60. The Hall–Kier alpha value is -2.37. The van der Waals surface area contributed by atoms with Crippen molar-refractivity contribution >= 4 is 6.03 Å². The molecule has 1 saturated carbocycles. The average molecular weight is 344 g/mol. The Balaban J connectivity index is 1.50. The summed E-state index contributed by atoms with van der Waals surface area (Å²) in [6.45, 7) is 6.02. The van der Waals surface area contributed by atoms with Crippen LogP contribution in [0.1, 0.15) is 41.8 Å². The van der Waals surface area contributed by atoms with Crippen molar-refractivity contribution in [1.82, 2.24) is 20.4 Å². The molecule has 6 heteroatoms. The van der Waals surface area contributed by atoms with E-state index >= 15 is 0 Å². The highest BCUT2D eigenvalue weighted by molar-refractivity contribution is 5.75. The molecular weight excluding hydrogens is 319 g/mol. The molecule has 5 nitrogen and oxygen atoms in total. The minimum Gasteiger partial charge on any atom is -0.335 e. The number of nitrogens with one attached hydrogen (secondary N) is 2. The number of carbonyl (C=O) groups excluding carboxylic acids is 1. The van der Waals surface area contributed by atoms with Crippen molar-refractivity contribution in [3.8, 4) is 0 Å². The van der Waals surface area contributed by atoms with Crippen molar-refractivity contribution in [2.24, 2.45) is 7.05 Å². The van der Waals surface area contributed by atoms with Crippen LogP contribution in [0.15, 0.2) is 24.3 Å². The fourth-order valence-electron chi connectivity index (χ4n) is 3.36. The lowest BCUT2D eigenvalue weighted by Crippen LogP contribution is -2.43. The molecule has 3 atom stereocenters. The number of amides is 2. The molecule has 2 aromatic rings. The Bertz CT molecular complexity index is 786. The van der Waals surface area contributed by atoms with E-state index in [0.29, 0.717) is 0 Å². The Morgan fingerprint density at radius 2 is 2.20 bits per heavy atom. The van der Waals surface area contributed by atoms with Gasteiger partial charge in [0.2, 0.25) is 0 Å². The third-order valence-electron chi connectivity index (χ3n) is 4.93. The minimum absolute atomic E-state index is 0.00738. The minimum atomic E-state index is -0.233. The summed E-state index contributed by atoms with van der Waals surface area (Å²) < 4.78 is 15.2. The Morgan fingerprint density at radius 1 is 1.44 bits per heavy atom. The average Bonchev–Trinajstić information content (AvgIpc) is 3.25. The molecule has 25 heavy (non-hydrogen) atoms. The number of rotatable bonds is 5. The molecule has 2 amide bonds. The van der Waals surface area contributed by atoms with Crippen molar-refractivity contribution in [3.05, 3.63) is 52.6 Å². The van der Waals surface area contributed by atoms with E-state index in [4.69, 9.17) is 0 Å². The topological polar surface area (TPSA) is 59.0 Å². The first-order valence-electron chi connectivity index (χ1n) is 8.66. The number of benzene rings is 1. The molecule has 3 rings (SSSR count). The normalized spacial score (nSPS) is 20.2. The number of hydrogen-bond acceptors (Lipinski definition) is 2. The number of nitrogens with zero attached hydrogens (tertiary/aromatic N) is 2. The predicted molar refractivity (Wildman–Crippen MR) is 95.1 cm³/mol. The quantitative estimate of drug-likeness (QED) is 0.876. The molecule has 1 aromatic carbocycles. The van der Waals surface area contributed by atoms with Gasteiger partial charge in [-0.2, -0.15) is 5.10 Å². The summed E-state index contributed by atoms with van der Waals surface area (Å²) >= 11 is 0. The second kappa shape index (κ2) is 6.86. The van der Waals surface area contributed by atoms with Crippen molar-refractivity contribution in [2.75, 3.05) is 0 Å². The third-order valence-corrected chi connectivity index (χ3v) is 4.93. The van der Waals surface area contributed by atoms with Crippen molar-refractivity contribution in [3.63, 3.8) is 0 Å². The van der Waals surface area contributed by atoms with Crippen LogP contribution in [0.5, 0.6) is 0 Å². The molecule has 0 bridgehead atoms. The van der Waals surface area contributed by atoms with E-state index in [9.17, 15) is 9.18 Å². The molecule has 134 valence electrons. The van der Waals surface area contributed by atoms with E-state index in [0.717, 1.165) is 29.8 Å². The highest BCUT2D eigenvalue weighted by Gasteiger charge is 2.39. The molecular formula is C19H25FN4O. The monoisotopic (exact) mass is 344 g/mol. The largest absolute Gasteiger partial charge is 0.335 e. The molecule has 2 N–H and O–H groups in total. The van der Waals surface area contributed by atoms with Crippen LogP contribution in [-0.2, 0) is 13.5 Å². The van der Waals surface area contributed by atoms with Gasteiger partial charge in [-0.25, -0.2) is 9.18 Å². The molecule has 0 radical (unpaired) electrons. The van der Waals surface area contributed by atoms with Crippen LogP contribution in [0.4, 0.5) is 9.18 Å². The first kappa shape index (κ1) is 17.5. The van der Waals surface area contributed by atoms with Crippen LogP contribution in [0.2, 0.25) is 0 Å². The molecule has 1 heterocycles. The van der Waals surface area contributed by atoms with Gasteiger partial charge in [0, 0.05) is 30.7 Å². The van der Waals surface area contributed by atoms with E-state index < -0.39 is 0 Å². The predicted octanol–water partition coefficient (Wildman–Crippen LogP) is 2.96. The molecule has 1 fully saturated rings. The highest BCUT2D eigenvalue weighted by Crippen LogP contribution is 2.40. The summed E-state index contributed by atoms with van der Waals surface area (Å²) in [5, 5.41) is 10.4. The zero-order chi connectivity index (χ0) is 18.1. The third kappa shape index (κ3) is 4.00. The first-order chi connectivity index (χ1) is 11.8. The van der Waals surface area contributed by atoms with Gasteiger partial charge < -0.3 is 10.6 Å². The van der Waals surface area contributed by atoms with Gasteiger partial charge in [0.25, 0.3) is 0 Å². The van der Waals surface area contributed by atoms with Gasteiger partial charge in [0.15, 0.2) is 0 Å². The maximum absolute atomic E-state index is 13.3. The van der Waals surface area contributed by atoms with E-state index in [1.807, 2.05) is 38.6 Å². The smallest absolute Gasteiger partial charge is 0.315 e. The maximum atomic E-state index is 13.3. The van der Waals surface area contributed by atoms with Crippen LogP contribution < -0.4 is 10.6 Å². The summed E-state index contributed by atoms with van der Waals surface area (Å²) in [7, 11) is 1.93. The molecule has 0 aliphatic heterocycles. The molecule has 0 saturated heterocycles. The summed E-state index contributed by atoms with van der Waals surface area (Å²) in [4.78, 5) is 12.2. The zero-order valence-electron chi connectivity index (χ0n) is 15.1. The van der Waals surface area contributed by atoms with E-state index in [1.54, 1.807) is 12.1 Å². The number of urea groups is 1. The highest BCUT2D eigenvalue weighted by atomic mass is 19.1. The van der Waals surface area contributed by atoms with E-state index in [-0.39, 0.29) is 29.8 Å². The van der Waals surface area contributed by atoms with Gasteiger partial charge in [0.1, 0.15) is 5.82 Å². The number of aromatic nitrogens is 2. The van der Waals surface area contributed by atoms with Crippen LogP contribution in [0, 0.1) is 19.7 Å². The van der Waals surface area contributed by atoms with Gasteiger partial charge in [-0.3, -0.25) is 4.68 Å². The fraction of sp³-hybridized carbons (Fsp3) is 0.474. The van der Waals surface area contributed by atoms with Gasteiger partial charge in [-0.15, -0.1) is 0 Å². The van der Waals surface area contributed by atoms with Gasteiger partial charge in [-0.1, -0.05) is 12.1 Å². The van der Waals surface area contributed by atoms with Crippen LogP contribution in [-0.4, -0.2) is 27.9 Å². The van der Waals surface area contributed by atoms with Crippen molar-refractivity contribution in [2.45, 2.75) is 51.6 Å². The first-order valence-corrected chi connectivity index (χ1v) is 8.66. The van der Waals surface area contributed by atoms with E-state index in [2.05, 4.69) is 15.7 Å². The second-order valence-electron chi connectivity index (χ2n) is 7.00. The standard InChI is InChI=1S/C19H25FN4O/c1-11(8-16-12(2)23-24(4)13(16)3)21-19(25)22-18-10-17(18)14-6-5-7-15(20)9-14/h5-7,9,11,17-18H,8,10H2,1-4H3,(H2,21,22,25)/t11-,17-,18+/m0/s1. The fourth-order valence-corrected chi connectivity index (χ4v) is 3.36. The lowest BCUT2D eigenvalue weighted by Gasteiger charge is -2.15. The van der Waals surface area contributed by atoms with Gasteiger partial charge in [0.05, 0.1) is 5.69 Å². The zero-order valence-corrected chi connectivity index (χ0v) is 15.1. The molecule has 0 spiro atoms. The van der Waals surface area contributed by atoms with Crippen LogP contribution >= 0.6 is 0 Å². The van der Waals surface area contributed by atoms with Crippen LogP contribution in [0.3, 0.4) is 0 Å². The Morgan fingerprint density at radius 3 is 2.84 bits per heavy atom. The Labute approximate surface area is 147 Å². The summed E-state index contributed by atoms with van der Waals surface area (Å²) in [5.74, 6) is -0.0250. The second-order valence-corrected chi connectivity index (χ2v) is 7.00. The summed E-state index contributed by atoms with van der Waals surface area (Å²) in [5.41, 5.74) is 4.25. The number of hydrogen-bond donors (Lipinski definition) is 2. The Kier molecular flexibility index (Phi) is 4.79. The maximum Gasteiger partial charge on any atom is 0.315 e.